The summed E-state index contributed by atoms with van der Waals surface area (Å²) in [6.45, 7) is 3.83. The van der Waals surface area contributed by atoms with Crippen LogP contribution >= 0.6 is 0 Å². The SMILES string of the molecule is CC(C)(CN)C(=O)Nc1cccc(C(=O)NC2CC2)c1. The molecule has 2 rings (SSSR count). The van der Waals surface area contributed by atoms with Crippen LogP contribution in [0.4, 0.5) is 5.69 Å². The van der Waals surface area contributed by atoms with Gasteiger partial charge in [-0.3, -0.25) is 9.59 Å². The number of carbonyl (C=O) groups is 2. The molecule has 2 amide bonds. The van der Waals surface area contributed by atoms with Gasteiger partial charge in [0.15, 0.2) is 0 Å². The van der Waals surface area contributed by atoms with Gasteiger partial charge in [0.1, 0.15) is 0 Å². The quantitative estimate of drug-likeness (QED) is 0.761. The summed E-state index contributed by atoms with van der Waals surface area (Å²) in [5.74, 6) is -0.249. The number of amides is 2. The third kappa shape index (κ3) is 3.57. The van der Waals surface area contributed by atoms with Gasteiger partial charge in [-0.05, 0) is 44.9 Å². The Hall–Kier alpha value is -1.88. The number of carbonyl (C=O) groups excluding carboxylic acids is 2. The van der Waals surface area contributed by atoms with Gasteiger partial charge >= 0.3 is 0 Å². The number of hydrogen-bond acceptors (Lipinski definition) is 3. The minimum Gasteiger partial charge on any atom is -0.349 e. The van der Waals surface area contributed by atoms with E-state index >= 15 is 0 Å². The van der Waals surface area contributed by atoms with Crippen molar-refractivity contribution in [2.45, 2.75) is 32.7 Å². The van der Waals surface area contributed by atoms with Gasteiger partial charge in [0, 0.05) is 23.8 Å². The highest BCUT2D eigenvalue weighted by molar-refractivity contribution is 5.98. The predicted molar refractivity (Wildman–Crippen MR) is 78.4 cm³/mol. The van der Waals surface area contributed by atoms with Crippen molar-refractivity contribution in [2.75, 3.05) is 11.9 Å². The number of rotatable bonds is 5. The maximum Gasteiger partial charge on any atom is 0.251 e. The molecule has 0 atom stereocenters. The van der Waals surface area contributed by atoms with Crippen LogP contribution in [0, 0.1) is 5.41 Å². The fourth-order valence-electron chi connectivity index (χ4n) is 1.63. The largest absolute Gasteiger partial charge is 0.349 e. The second-order valence-corrected chi connectivity index (χ2v) is 5.87. The average molecular weight is 275 g/mol. The van der Waals surface area contributed by atoms with Crippen LogP contribution in [0.25, 0.3) is 0 Å². The molecule has 5 heteroatoms. The standard InChI is InChI=1S/C15H21N3O2/c1-15(2,9-16)14(20)18-12-5-3-4-10(8-12)13(19)17-11-6-7-11/h3-5,8,11H,6-7,9,16H2,1-2H3,(H,17,19)(H,18,20). The molecule has 0 spiro atoms. The number of hydrogen-bond donors (Lipinski definition) is 3. The Morgan fingerprint density at radius 2 is 2.05 bits per heavy atom. The van der Waals surface area contributed by atoms with Crippen LogP contribution in [0.5, 0.6) is 0 Å². The molecule has 4 N–H and O–H groups in total. The van der Waals surface area contributed by atoms with Crippen molar-refractivity contribution in [3.8, 4) is 0 Å². The lowest BCUT2D eigenvalue weighted by molar-refractivity contribution is -0.123. The number of benzene rings is 1. The number of nitrogens with one attached hydrogen (secondary N) is 2. The third-order valence-electron chi connectivity index (χ3n) is 3.42. The number of anilines is 1. The highest BCUT2D eigenvalue weighted by Crippen LogP contribution is 2.21. The summed E-state index contributed by atoms with van der Waals surface area (Å²) in [5, 5.41) is 5.72. The lowest BCUT2D eigenvalue weighted by atomic mass is 9.92. The minimum absolute atomic E-state index is 0.0957. The zero-order valence-corrected chi connectivity index (χ0v) is 11.9. The van der Waals surface area contributed by atoms with Crippen LogP contribution in [0.3, 0.4) is 0 Å². The zero-order chi connectivity index (χ0) is 14.8. The molecular formula is C15H21N3O2. The molecule has 1 aliphatic rings. The molecule has 1 fully saturated rings. The van der Waals surface area contributed by atoms with Crippen LogP contribution in [-0.4, -0.2) is 24.4 Å². The normalized spacial score (nSPS) is 14.8. The summed E-state index contributed by atoms with van der Waals surface area (Å²) in [4.78, 5) is 24.0. The monoisotopic (exact) mass is 275 g/mol. The van der Waals surface area contributed by atoms with Crippen LogP contribution in [0.1, 0.15) is 37.0 Å². The fraction of sp³-hybridized carbons (Fsp3) is 0.467. The van der Waals surface area contributed by atoms with Crippen molar-refractivity contribution < 1.29 is 9.59 Å². The van der Waals surface area contributed by atoms with Gasteiger partial charge in [0.25, 0.3) is 5.91 Å². The molecule has 0 unspecified atom stereocenters. The van der Waals surface area contributed by atoms with Crippen molar-refractivity contribution in [3.63, 3.8) is 0 Å². The van der Waals surface area contributed by atoms with Gasteiger partial charge in [0.05, 0.1) is 5.41 Å². The van der Waals surface area contributed by atoms with Crippen LogP contribution < -0.4 is 16.4 Å². The molecule has 1 aliphatic carbocycles. The lowest BCUT2D eigenvalue weighted by Gasteiger charge is -2.21. The van der Waals surface area contributed by atoms with Gasteiger partial charge in [0.2, 0.25) is 5.91 Å². The first kappa shape index (κ1) is 14.5. The Morgan fingerprint density at radius 1 is 1.35 bits per heavy atom. The van der Waals surface area contributed by atoms with Crippen molar-refractivity contribution in [1.82, 2.24) is 5.32 Å². The predicted octanol–water partition coefficient (Wildman–Crippen LogP) is 1.50. The maximum absolute atomic E-state index is 12.0. The van der Waals surface area contributed by atoms with E-state index in [1.54, 1.807) is 38.1 Å². The molecule has 0 radical (unpaired) electrons. The summed E-state index contributed by atoms with van der Waals surface area (Å²) in [5.41, 5.74) is 6.11. The lowest BCUT2D eigenvalue weighted by Crippen LogP contribution is -2.37. The molecule has 0 aromatic heterocycles. The van der Waals surface area contributed by atoms with E-state index in [0.29, 0.717) is 17.3 Å². The van der Waals surface area contributed by atoms with Crippen LogP contribution in [-0.2, 0) is 4.79 Å². The molecule has 108 valence electrons. The second-order valence-electron chi connectivity index (χ2n) is 5.87. The summed E-state index contributed by atoms with van der Waals surface area (Å²) in [7, 11) is 0. The Balaban J connectivity index is 2.05. The summed E-state index contributed by atoms with van der Waals surface area (Å²) in [6, 6.07) is 7.26. The van der Waals surface area contributed by atoms with Gasteiger partial charge < -0.3 is 16.4 Å². The van der Waals surface area contributed by atoms with Crippen molar-refractivity contribution in [2.24, 2.45) is 11.1 Å². The van der Waals surface area contributed by atoms with E-state index < -0.39 is 5.41 Å². The molecule has 0 heterocycles. The van der Waals surface area contributed by atoms with E-state index in [-0.39, 0.29) is 18.4 Å². The average Bonchev–Trinajstić information content (AvgIpc) is 3.23. The Morgan fingerprint density at radius 3 is 2.65 bits per heavy atom. The van der Waals surface area contributed by atoms with Crippen LogP contribution in [0.2, 0.25) is 0 Å². The molecule has 5 nitrogen and oxygen atoms in total. The molecule has 20 heavy (non-hydrogen) atoms. The smallest absolute Gasteiger partial charge is 0.251 e. The van der Waals surface area contributed by atoms with Crippen molar-refractivity contribution >= 4 is 17.5 Å². The topological polar surface area (TPSA) is 84.2 Å². The van der Waals surface area contributed by atoms with E-state index in [9.17, 15) is 9.59 Å². The molecule has 1 aromatic rings. The van der Waals surface area contributed by atoms with E-state index in [1.165, 1.54) is 0 Å². The molecule has 1 aromatic carbocycles. The highest BCUT2D eigenvalue weighted by atomic mass is 16.2. The van der Waals surface area contributed by atoms with E-state index in [1.807, 2.05) is 0 Å². The Labute approximate surface area is 118 Å². The first-order valence-corrected chi connectivity index (χ1v) is 6.85. The molecule has 1 saturated carbocycles. The van der Waals surface area contributed by atoms with Crippen LogP contribution in [0.15, 0.2) is 24.3 Å². The van der Waals surface area contributed by atoms with Gasteiger partial charge in [-0.15, -0.1) is 0 Å². The first-order valence-electron chi connectivity index (χ1n) is 6.85. The van der Waals surface area contributed by atoms with Crippen molar-refractivity contribution in [3.05, 3.63) is 29.8 Å². The van der Waals surface area contributed by atoms with E-state index in [4.69, 9.17) is 5.73 Å². The number of nitrogens with two attached hydrogens (primary N) is 1. The fourth-order valence-corrected chi connectivity index (χ4v) is 1.63. The summed E-state index contributed by atoms with van der Waals surface area (Å²) in [6.07, 6.45) is 2.10. The van der Waals surface area contributed by atoms with Gasteiger partial charge in [-0.25, -0.2) is 0 Å². The van der Waals surface area contributed by atoms with E-state index in [0.717, 1.165) is 12.8 Å². The zero-order valence-electron chi connectivity index (χ0n) is 11.9. The maximum atomic E-state index is 12.0. The molecule has 0 saturated heterocycles. The molecular weight excluding hydrogens is 254 g/mol. The summed E-state index contributed by atoms with van der Waals surface area (Å²) < 4.78 is 0. The minimum atomic E-state index is -0.633. The molecule has 0 aliphatic heterocycles. The van der Waals surface area contributed by atoms with E-state index in [2.05, 4.69) is 10.6 Å². The van der Waals surface area contributed by atoms with Gasteiger partial charge in [-0.2, -0.15) is 0 Å². The third-order valence-corrected chi connectivity index (χ3v) is 3.42. The summed E-state index contributed by atoms with van der Waals surface area (Å²) >= 11 is 0. The Kier molecular flexibility index (Phi) is 4.09. The second kappa shape index (κ2) is 5.63. The Bertz CT molecular complexity index is 522. The first-order chi connectivity index (χ1) is 9.42. The molecule has 0 bridgehead atoms. The van der Waals surface area contributed by atoms with Crippen molar-refractivity contribution in [1.29, 1.82) is 0 Å². The van der Waals surface area contributed by atoms with Gasteiger partial charge in [-0.1, -0.05) is 6.07 Å². The highest BCUT2D eigenvalue weighted by Gasteiger charge is 2.26.